The largest absolute Gasteiger partial charge is 0.385 e. The minimum atomic E-state index is -0.310. The SMILES string of the molecule is CN1C(=O)N=C(N)C1c1cscn1. The van der Waals surface area contributed by atoms with Crippen LogP contribution in [0.3, 0.4) is 0 Å². The van der Waals surface area contributed by atoms with Crippen molar-refractivity contribution in [3.05, 3.63) is 16.6 Å². The minimum absolute atomic E-state index is 0.279. The predicted molar refractivity (Wildman–Crippen MR) is 49.6 cm³/mol. The molecule has 2 rings (SSSR count). The molecule has 13 heavy (non-hydrogen) atoms. The molecule has 0 spiro atoms. The van der Waals surface area contributed by atoms with Gasteiger partial charge < -0.3 is 10.6 Å². The standard InChI is InChI=1S/C7H8N4OS/c1-11-5(4-2-13-3-9-4)6(8)10-7(11)12/h2-3,5H,1H3,(H2,8,10,12). The molecule has 2 heterocycles. The van der Waals surface area contributed by atoms with Crippen molar-refractivity contribution in [1.29, 1.82) is 0 Å². The van der Waals surface area contributed by atoms with E-state index in [9.17, 15) is 4.79 Å². The van der Waals surface area contributed by atoms with E-state index in [-0.39, 0.29) is 12.1 Å². The van der Waals surface area contributed by atoms with E-state index in [1.807, 2.05) is 5.38 Å². The molecule has 0 saturated carbocycles. The zero-order chi connectivity index (χ0) is 9.42. The second-order valence-electron chi connectivity index (χ2n) is 2.75. The first-order chi connectivity index (χ1) is 6.20. The summed E-state index contributed by atoms with van der Waals surface area (Å²) in [5.41, 5.74) is 8.09. The molecule has 6 heteroatoms. The third-order valence-corrected chi connectivity index (χ3v) is 2.53. The van der Waals surface area contributed by atoms with Gasteiger partial charge in [0.2, 0.25) is 0 Å². The van der Waals surface area contributed by atoms with Crippen molar-refractivity contribution >= 4 is 23.2 Å². The zero-order valence-corrected chi connectivity index (χ0v) is 7.78. The van der Waals surface area contributed by atoms with Gasteiger partial charge in [0.1, 0.15) is 11.9 Å². The van der Waals surface area contributed by atoms with Gasteiger partial charge in [-0.05, 0) is 0 Å². The summed E-state index contributed by atoms with van der Waals surface area (Å²) in [5, 5.41) is 1.86. The highest BCUT2D eigenvalue weighted by Crippen LogP contribution is 2.24. The van der Waals surface area contributed by atoms with Gasteiger partial charge in [-0.25, -0.2) is 9.78 Å². The Balaban J connectivity index is 2.36. The molecule has 1 unspecified atom stereocenters. The number of nitrogens with two attached hydrogens (primary N) is 1. The third kappa shape index (κ3) is 1.19. The summed E-state index contributed by atoms with van der Waals surface area (Å²) in [7, 11) is 1.66. The summed E-state index contributed by atoms with van der Waals surface area (Å²) in [4.78, 5) is 20.4. The Morgan fingerprint density at radius 2 is 2.46 bits per heavy atom. The van der Waals surface area contributed by atoms with E-state index in [2.05, 4.69) is 9.98 Å². The molecule has 1 aromatic heterocycles. The van der Waals surface area contributed by atoms with Crippen molar-refractivity contribution in [1.82, 2.24) is 9.88 Å². The maximum absolute atomic E-state index is 11.1. The summed E-state index contributed by atoms with van der Waals surface area (Å²) in [6, 6.07) is -0.589. The molecule has 1 atom stereocenters. The number of amidine groups is 1. The van der Waals surface area contributed by atoms with E-state index in [0.29, 0.717) is 5.84 Å². The van der Waals surface area contributed by atoms with Crippen LogP contribution in [-0.4, -0.2) is 28.8 Å². The lowest BCUT2D eigenvalue weighted by Crippen LogP contribution is -2.30. The predicted octanol–water partition coefficient (Wildman–Crippen LogP) is 0.607. The molecule has 0 aliphatic carbocycles. The first kappa shape index (κ1) is 8.18. The van der Waals surface area contributed by atoms with Gasteiger partial charge in [-0.3, -0.25) is 0 Å². The number of carbonyl (C=O) groups excluding carboxylic acids is 1. The first-order valence-corrected chi connectivity index (χ1v) is 4.63. The van der Waals surface area contributed by atoms with Crippen LogP contribution in [0.25, 0.3) is 0 Å². The van der Waals surface area contributed by atoms with Gasteiger partial charge in [0.15, 0.2) is 0 Å². The molecule has 1 aliphatic rings. The quantitative estimate of drug-likeness (QED) is 0.715. The van der Waals surface area contributed by atoms with Gasteiger partial charge in [-0.15, -0.1) is 11.3 Å². The number of amides is 2. The average molecular weight is 196 g/mol. The maximum atomic E-state index is 11.1. The molecule has 2 amide bonds. The fourth-order valence-corrected chi connectivity index (χ4v) is 1.84. The Morgan fingerprint density at radius 1 is 1.69 bits per heavy atom. The molecule has 0 fully saturated rings. The first-order valence-electron chi connectivity index (χ1n) is 3.69. The molecule has 0 radical (unpaired) electrons. The van der Waals surface area contributed by atoms with Gasteiger partial charge >= 0.3 is 6.03 Å². The lowest BCUT2D eigenvalue weighted by molar-refractivity contribution is 0.218. The highest BCUT2D eigenvalue weighted by molar-refractivity contribution is 7.07. The molecule has 68 valence electrons. The van der Waals surface area contributed by atoms with Gasteiger partial charge in [0.25, 0.3) is 0 Å². The molecule has 2 N–H and O–H groups in total. The van der Waals surface area contributed by atoms with E-state index in [1.165, 1.54) is 16.2 Å². The number of hydrogen-bond donors (Lipinski definition) is 1. The number of thiazole rings is 1. The monoisotopic (exact) mass is 196 g/mol. The summed E-state index contributed by atoms with van der Waals surface area (Å²) in [5.74, 6) is 0.318. The van der Waals surface area contributed by atoms with Crippen LogP contribution in [0.5, 0.6) is 0 Å². The van der Waals surface area contributed by atoms with Crippen molar-refractivity contribution < 1.29 is 4.79 Å². The maximum Gasteiger partial charge on any atom is 0.345 e. The average Bonchev–Trinajstić information content (AvgIpc) is 2.63. The van der Waals surface area contributed by atoms with E-state index in [0.717, 1.165) is 5.69 Å². The second kappa shape index (κ2) is 2.81. The number of aromatic nitrogens is 1. The van der Waals surface area contributed by atoms with Crippen LogP contribution in [0.15, 0.2) is 15.9 Å². The van der Waals surface area contributed by atoms with Crippen LogP contribution in [0, 0.1) is 0 Å². The summed E-state index contributed by atoms with van der Waals surface area (Å²) >= 11 is 1.47. The summed E-state index contributed by atoms with van der Waals surface area (Å²) in [6.45, 7) is 0. The number of hydrogen-bond acceptors (Lipinski definition) is 4. The number of aliphatic imine (C=N–C) groups is 1. The van der Waals surface area contributed by atoms with Crippen LogP contribution in [0.1, 0.15) is 11.7 Å². The van der Waals surface area contributed by atoms with Crippen molar-refractivity contribution in [2.24, 2.45) is 10.7 Å². The fraction of sp³-hybridized carbons (Fsp3) is 0.286. The Kier molecular flexibility index (Phi) is 1.77. The van der Waals surface area contributed by atoms with Crippen molar-refractivity contribution in [2.45, 2.75) is 6.04 Å². The molecule has 5 nitrogen and oxygen atoms in total. The highest BCUT2D eigenvalue weighted by atomic mass is 32.1. The highest BCUT2D eigenvalue weighted by Gasteiger charge is 2.32. The van der Waals surface area contributed by atoms with Crippen LogP contribution < -0.4 is 5.73 Å². The van der Waals surface area contributed by atoms with Crippen LogP contribution in [-0.2, 0) is 0 Å². The summed E-state index contributed by atoms with van der Waals surface area (Å²) in [6.07, 6.45) is 0. The smallest absolute Gasteiger partial charge is 0.345 e. The number of rotatable bonds is 1. The van der Waals surface area contributed by atoms with E-state index in [4.69, 9.17) is 5.73 Å². The van der Waals surface area contributed by atoms with Crippen molar-refractivity contribution in [2.75, 3.05) is 7.05 Å². The van der Waals surface area contributed by atoms with Crippen LogP contribution in [0.2, 0.25) is 0 Å². The van der Waals surface area contributed by atoms with Crippen LogP contribution >= 0.6 is 11.3 Å². The van der Waals surface area contributed by atoms with E-state index < -0.39 is 0 Å². The Bertz CT molecular complexity index is 359. The zero-order valence-electron chi connectivity index (χ0n) is 6.97. The lowest BCUT2D eigenvalue weighted by Gasteiger charge is -2.16. The molecular weight excluding hydrogens is 188 g/mol. The normalized spacial score (nSPS) is 22.2. The van der Waals surface area contributed by atoms with E-state index >= 15 is 0 Å². The topological polar surface area (TPSA) is 71.6 Å². The number of nitrogens with zero attached hydrogens (tertiary/aromatic N) is 3. The van der Waals surface area contributed by atoms with Crippen molar-refractivity contribution in [3.63, 3.8) is 0 Å². The van der Waals surface area contributed by atoms with Gasteiger partial charge in [0.05, 0.1) is 11.2 Å². The molecule has 1 aliphatic heterocycles. The Morgan fingerprint density at radius 3 is 2.92 bits per heavy atom. The minimum Gasteiger partial charge on any atom is -0.385 e. The second-order valence-corrected chi connectivity index (χ2v) is 3.46. The van der Waals surface area contributed by atoms with Crippen LogP contribution in [0.4, 0.5) is 4.79 Å². The van der Waals surface area contributed by atoms with Crippen molar-refractivity contribution in [3.8, 4) is 0 Å². The number of likely N-dealkylation sites (N-methyl/N-ethyl adjacent to an activating group) is 1. The Labute approximate surface area is 78.9 Å². The molecule has 0 aromatic carbocycles. The Hall–Kier alpha value is -1.43. The molecule has 1 aromatic rings. The number of urea groups is 1. The third-order valence-electron chi connectivity index (χ3n) is 1.93. The van der Waals surface area contributed by atoms with Gasteiger partial charge in [-0.1, -0.05) is 0 Å². The number of carbonyl (C=O) groups is 1. The van der Waals surface area contributed by atoms with Gasteiger partial charge in [0, 0.05) is 12.4 Å². The fourth-order valence-electron chi connectivity index (χ4n) is 1.27. The van der Waals surface area contributed by atoms with E-state index in [1.54, 1.807) is 12.6 Å². The molecular formula is C7H8N4OS. The summed E-state index contributed by atoms with van der Waals surface area (Å²) < 4.78 is 0. The molecule has 0 bridgehead atoms. The lowest BCUT2D eigenvalue weighted by atomic mass is 10.2. The van der Waals surface area contributed by atoms with Gasteiger partial charge in [-0.2, -0.15) is 4.99 Å². The molecule has 0 saturated heterocycles.